The zero-order chi connectivity index (χ0) is 14.4. The number of hydrogen-bond acceptors (Lipinski definition) is 3. The van der Waals surface area contributed by atoms with Gasteiger partial charge in [0, 0.05) is 44.1 Å². The van der Waals surface area contributed by atoms with E-state index in [4.69, 9.17) is 0 Å². The number of nitrogens with one attached hydrogen (secondary N) is 1. The van der Waals surface area contributed by atoms with Gasteiger partial charge >= 0.3 is 0 Å². The molecule has 0 aromatic heterocycles. The Balaban J connectivity index is 1.86. The molecule has 3 nitrogen and oxygen atoms in total. The average Bonchev–Trinajstić information content (AvgIpc) is 2.50. The minimum absolute atomic E-state index is 0.785. The lowest BCUT2D eigenvalue weighted by Crippen LogP contribution is -2.44. The zero-order valence-electron chi connectivity index (χ0n) is 13.2. The maximum Gasteiger partial charge on any atom is 0.0368 e. The van der Waals surface area contributed by atoms with E-state index in [-0.39, 0.29) is 0 Å². The van der Waals surface area contributed by atoms with Crippen molar-refractivity contribution in [2.75, 3.05) is 50.0 Å². The minimum atomic E-state index is 0.785. The van der Waals surface area contributed by atoms with E-state index < -0.39 is 0 Å². The van der Waals surface area contributed by atoms with Crippen molar-refractivity contribution in [3.8, 4) is 0 Å². The molecule has 0 atom stereocenters. The summed E-state index contributed by atoms with van der Waals surface area (Å²) in [6.07, 6.45) is 2.51. The SMILES string of the molecule is CCC(CC)CNc1ccc(N2CCN(C)CC2)cc1. The fourth-order valence-corrected chi connectivity index (χ4v) is 2.69. The van der Waals surface area contributed by atoms with Crippen molar-refractivity contribution in [1.82, 2.24) is 4.90 Å². The number of likely N-dealkylation sites (N-methyl/N-ethyl adjacent to an activating group) is 1. The minimum Gasteiger partial charge on any atom is -0.385 e. The summed E-state index contributed by atoms with van der Waals surface area (Å²) in [7, 11) is 2.20. The summed E-state index contributed by atoms with van der Waals surface area (Å²) in [6, 6.07) is 8.94. The van der Waals surface area contributed by atoms with Crippen LogP contribution in [0.25, 0.3) is 0 Å². The van der Waals surface area contributed by atoms with Gasteiger partial charge in [0.25, 0.3) is 0 Å². The molecule has 1 N–H and O–H groups in total. The molecule has 1 aromatic rings. The van der Waals surface area contributed by atoms with Crippen molar-refractivity contribution in [1.29, 1.82) is 0 Å². The lowest BCUT2D eigenvalue weighted by Gasteiger charge is -2.34. The number of anilines is 2. The molecule has 0 aliphatic carbocycles. The molecule has 0 saturated carbocycles. The van der Waals surface area contributed by atoms with Crippen LogP contribution < -0.4 is 10.2 Å². The van der Waals surface area contributed by atoms with Crippen molar-refractivity contribution in [3.63, 3.8) is 0 Å². The van der Waals surface area contributed by atoms with Crippen LogP contribution in [0, 0.1) is 5.92 Å². The third kappa shape index (κ3) is 4.14. The molecule has 1 aliphatic rings. The molecular weight excluding hydrogens is 246 g/mol. The Kier molecular flexibility index (Phi) is 5.72. The molecule has 0 radical (unpaired) electrons. The predicted molar refractivity (Wildman–Crippen MR) is 88.7 cm³/mol. The fourth-order valence-electron chi connectivity index (χ4n) is 2.69. The third-order valence-electron chi connectivity index (χ3n) is 4.49. The Bertz CT molecular complexity index is 376. The van der Waals surface area contributed by atoms with Gasteiger partial charge < -0.3 is 15.1 Å². The van der Waals surface area contributed by atoms with Crippen LogP contribution in [-0.2, 0) is 0 Å². The first-order valence-corrected chi connectivity index (χ1v) is 8.00. The molecule has 1 saturated heterocycles. The van der Waals surface area contributed by atoms with Crippen LogP contribution in [0.4, 0.5) is 11.4 Å². The van der Waals surface area contributed by atoms with Crippen molar-refractivity contribution < 1.29 is 0 Å². The zero-order valence-corrected chi connectivity index (χ0v) is 13.2. The average molecular weight is 275 g/mol. The molecule has 1 aliphatic heterocycles. The molecule has 0 amide bonds. The Morgan fingerprint density at radius 2 is 1.60 bits per heavy atom. The van der Waals surface area contributed by atoms with Gasteiger partial charge in [-0.3, -0.25) is 0 Å². The monoisotopic (exact) mass is 275 g/mol. The van der Waals surface area contributed by atoms with Gasteiger partial charge in [0.05, 0.1) is 0 Å². The second kappa shape index (κ2) is 7.53. The van der Waals surface area contributed by atoms with Gasteiger partial charge in [-0.25, -0.2) is 0 Å². The van der Waals surface area contributed by atoms with Crippen LogP contribution in [0.5, 0.6) is 0 Å². The molecule has 112 valence electrons. The Labute approximate surface area is 124 Å². The molecule has 3 heteroatoms. The summed E-state index contributed by atoms with van der Waals surface area (Å²) >= 11 is 0. The molecule has 20 heavy (non-hydrogen) atoms. The van der Waals surface area contributed by atoms with Gasteiger partial charge in [-0.15, -0.1) is 0 Å². The van der Waals surface area contributed by atoms with E-state index in [1.54, 1.807) is 0 Å². The normalized spacial score (nSPS) is 16.7. The second-order valence-electron chi connectivity index (χ2n) is 5.90. The van der Waals surface area contributed by atoms with Crippen LogP contribution >= 0.6 is 0 Å². The van der Waals surface area contributed by atoms with E-state index in [1.807, 2.05) is 0 Å². The van der Waals surface area contributed by atoms with Crippen molar-refractivity contribution in [2.24, 2.45) is 5.92 Å². The standard InChI is InChI=1S/C17H29N3/c1-4-15(5-2)14-18-16-6-8-17(9-7-16)20-12-10-19(3)11-13-20/h6-9,15,18H,4-5,10-14H2,1-3H3. The number of hydrogen-bond donors (Lipinski definition) is 1. The van der Waals surface area contributed by atoms with E-state index >= 15 is 0 Å². The lowest BCUT2D eigenvalue weighted by atomic mass is 10.0. The van der Waals surface area contributed by atoms with E-state index in [9.17, 15) is 0 Å². The number of benzene rings is 1. The summed E-state index contributed by atoms with van der Waals surface area (Å²) in [5.74, 6) is 0.785. The van der Waals surface area contributed by atoms with Crippen molar-refractivity contribution in [2.45, 2.75) is 26.7 Å². The van der Waals surface area contributed by atoms with E-state index in [0.717, 1.165) is 38.6 Å². The summed E-state index contributed by atoms with van der Waals surface area (Å²) in [5, 5.41) is 3.56. The molecule has 1 fully saturated rings. The van der Waals surface area contributed by atoms with Crippen LogP contribution in [-0.4, -0.2) is 44.7 Å². The molecular formula is C17H29N3. The van der Waals surface area contributed by atoms with Crippen molar-refractivity contribution in [3.05, 3.63) is 24.3 Å². The van der Waals surface area contributed by atoms with E-state index in [0.29, 0.717) is 0 Å². The molecule has 2 rings (SSSR count). The summed E-state index contributed by atoms with van der Waals surface area (Å²) in [6.45, 7) is 10.2. The predicted octanol–water partition coefficient (Wildman–Crippen LogP) is 3.29. The highest BCUT2D eigenvalue weighted by molar-refractivity contribution is 5.55. The topological polar surface area (TPSA) is 18.5 Å². The summed E-state index contributed by atoms with van der Waals surface area (Å²) in [4.78, 5) is 4.87. The highest BCUT2D eigenvalue weighted by Crippen LogP contribution is 2.20. The number of nitrogens with zero attached hydrogens (tertiary/aromatic N) is 2. The van der Waals surface area contributed by atoms with E-state index in [2.05, 4.69) is 60.3 Å². The number of rotatable bonds is 6. The second-order valence-corrected chi connectivity index (χ2v) is 5.90. The van der Waals surface area contributed by atoms with E-state index in [1.165, 1.54) is 24.2 Å². The van der Waals surface area contributed by atoms with Crippen LogP contribution in [0.15, 0.2) is 24.3 Å². The Morgan fingerprint density at radius 1 is 1.00 bits per heavy atom. The first-order chi connectivity index (χ1) is 9.72. The Morgan fingerprint density at radius 3 is 2.15 bits per heavy atom. The van der Waals surface area contributed by atoms with Gasteiger partial charge in [0.15, 0.2) is 0 Å². The largest absolute Gasteiger partial charge is 0.385 e. The Hall–Kier alpha value is -1.22. The smallest absolute Gasteiger partial charge is 0.0368 e. The van der Waals surface area contributed by atoms with Crippen LogP contribution in [0.3, 0.4) is 0 Å². The van der Waals surface area contributed by atoms with Gasteiger partial charge in [0.2, 0.25) is 0 Å². The maximum atomic E-state index is 3.56. The summed E-state index contributed by atoms with van der Waals surface area (Å²) in [5.41, 5.74) is 2.60. The quantitative estimate of drug-likeness (QED) is 0.859. The van der Waals surface area contributed by atoms with Gasteiger partial charge in [-0.1, -0.05) is 26.7 Å². The molecule has 0 bridgehead atoms. The molecule has 0 unspecified atom stereocenters. The van der Waals surface area contributed by atoms with Crippen LogP contribution in [0.1, 0.15) is 26.7 Å². The first-order valence-electron chi connectivity index (χ1n) is 8.00. The fraction of sp³-hybridized carbons (Fsp3) is 0.647. The maximum absolute atomic E-state index is 3.56. The molecule has 1 heterocycles. The lowest BCUT2D eigenvalue weighted by molar-refractivity contribution is 0.313. The van der Waals surface area contributed by atoms with Gasteiger partial charge in [0.1, 0.15) is 0 Å². The van der Waals surface area contributed by atoms with Gasteiger partial charge in [-0.05, 0) is 37.2 Å². The summed E-state index contributed by atoms with van der Waals surface area (Å²) < 4.78 is 0. The first kappa shape index (κ1) is 15.2. The molecule has 1 aromatic carbocycles. The van der Waals surface area contributed by atoms with Gasteiger partial charge in [-0.2, -0.15) is 0 Å². The highest BCUT2D eigenvalue weighted by atomic mass is 15.2. The third-order valence-corrected chi connectivity index (χ3v) is 4.49. The molecule has 0 spiro atoms. The van der Waals surface area contributed by atoms with Crippen LogP contribution in [0.2, 0.25) is 0 Å². The highest BCUT2D eigenvalue weighted by Gasteiger charge is 2.13. The van der Waals surface area contributed by atoms with Crippen molar-refractivity contribution >= 4 is 11.4 Å². The number of piperazine rings is 1.